The fourth-order valence-electron chi connectivity index (χ4n) is 1.78. The lowest BCUT2D eigenvalue weighted by molar-refractivity contribution is 0.0693. The molecular formula is C12H15N3O2. The zero-order valence-electron chi connectivity index (χ0n) is 10.1. The van der Waals surface area contributed by atoms with Crippen molar-refractivity contribution in [3.63, 3.8) is 0 Å². The summed E-state index contributed by atoms with van der Waals surface area (Å²) in [5, 5.41) is 9.08. The van der Waals surface area contributed by atoms with Crippen LogP contribution in [0, 0.1) is 12.8 Å². The number of aromatic carboxylic acids is 1. The SMILES string of the molecule is Cc1cnc2c(C(=O)O)nc(CC(C)C)n2c1. The van der Waals surface area contributed by atoms with E-state index in [1.54, 1.807) is 10.6 Å². The molecule has 2 aromatic rings. The van der Waals surface area contributed by atoms with E-state index in [0.717, 1.165) is 17.8 Å². The van der Waals surface area contributed by atoms with Gasteiger partial charge in [-0.3, -0.25) is 4.40 Å². The number of nitrogens with zero attached hydrogens (tertiary/aromatic N) is 3. The number of aromatic nitrogens is 3. The van der Waals surface area contributed by atoms with E-state index in [0.29, 0.717) is 11.6 Å². The van der Waals surface area contributed by atoms with Gasteiger partial charge in [-0.1, -0.05) is 13.8 Å². The Morgan fingerprint density at radius 1 is 1.53 bits per heavy atom. The smallest absolute Gasteiger partial charge is 0.358 e. The predicted molar refractivity (Wildman–Crippen MR) is 63.2 cm³/mol. The molecule has 0 radical (unpaired) electrons. The maximum Gasteiger partial charge on any atom is 0.358 e. The molecule has 0 unspecified atom stereocenters. The minimum Gasteiger partial charge on any atom is -0.476 e. The topological polar surface area (TPSA) is 67.5 Å². The summed E-state index contributed by atoms with van der Waals surface area (Å²) in [6.45, 7) is 6.07. The van der Waals surface area contributed by atoms with Crippen molar-refractivity contribution in [1.29, 1.82) is 0 Å². The van der Waals surface area contributed by atoms with Crippen LogP contribution in [-0.2, 0) is 6.42 Å². The Bertz CT molecular complexity index is 572. The summed E-state index contributed by atoms with van der Waals surface area (Å²) in [4.78, 5) is 19.4. The van der Waals surface area contributed by atoms with Gasteiger partial charge in [0.25, 0.3) is 0 Å². The number of carboxylic acid groups (broad SMARTS) is 1. The summed E-state index contributed by atoms with van der Waals surface area (Å²) in [6.07, 6.45) is 4.27. The molecule has 2 aromatic heterocycles. The van der Waals surface area contributed by atoms with Gasteiger partial charge in [-0.2, -0.15) is 0 Å². The maximum atomic E-state index is 11.1. The molecule has 2 heterocycles. The Kier molecular flexibility index (Phi) is 2.83. The fraction of sp³-hybridized carbons (Fsp3) is 0.417. The third-order valence-corrected chi connectivity index (χ3v) is 2.48. The number of hydrogen-bond acceptors (Lipinski definition) is 3. The lowest BCUT2D eigenvalue weighted by Gasteiger charge is -2.03. The van der Waals surface area contributed by atoms with Crippen LogP contribution in [0.3, 0.4) is 0 Å². The standard InChI is InChI=1S/C12H15N3O2/c1-7(2)4-9-14-10(12(16)17)11-13-5-8(3)6-15(9)11/h5-7H,4H2,1-3H3,(H,16,17). The minimum absolute atomic E-state index is 0.0284. The first-order valence-electron chi connectivity index (χ1n) is 5.56. The lowest BCUT2D eigenvalue weighted by Crippen LogP contribution is -2.01. The first-order valence-corrected chi connectivity index (χ1v) is 5.56. The number of rotatable bonds is 3. The van der Waals surface area contributed by atoms with Crippen LogP contribution in [0.1, 0.15) is 35.7 Å². The van der Waals surface area contributed by atoms with Crippen molar-refractivity contribution in [2.45, 2.75) is 27.2 Å². The molecule has 0 aliphatic heterocycles. The van der Waals surface area contributed by atoms with E-state index < -0.39 is 5.97 Å². The number of fused-ring (bicyclic) bond motifs is 1. The van der Waals surface area contributed by atoms with Gasteiger partial charge in [0.05, 0.1) is 0 Å². The van der Waals surface area contributed by atoms with E-state index in [9.17, 15) is 4.79 Å². The summed E-state index contributed by atoms with van der Waals surface area (Å²) in [5.41, 5.74) is 1.43. The van der Waals surface area contributed by atoms with E-state index in [1.807, 2.05) is 13.1 Å². The molecule has 0 aromatic carbocycles. The Morgan fingerprint density at radius 3 is 2.82 bits per heavy atom. The number of hydrogen-bond donors (Lipinski definition) is 1. The number of aryl methyl sites for hydroxylation is 1. The Hall–Kier alpha value is -1.91. The first-order chi connectivity index (χ1) is 7.99. The van der Waals surface area contributed by atoms with Gasteiger partial charge in [0, 0.05) is 18.8 Å². The molecule has 1 N–H and O–H groups in total. The van der Waals surface area contributed by atoms with E-state index >= 15 is 0 Å². The van der Waals surface area contributed by atoms with E-state index in [1.165, 1.54) is 0 Å². The summed E-state index contributed by atoms with van der Waals surface area (Å²) in [5.74, 6) is 0.139. The van der Waals surface area contributed by atoms with Crippen molar-refractivity contribution in [1.82, 2.24) is 14.4 Å². The van der Waals surface area contributed by atoms with Crippen LogP contribution in [0.4, 0.5) is 0 Å². The van der Waals surface area contributed by atoms with Gasteiger partial charge in [-0.05, 0) is 18.4 Å². The maximum absolute atomic E-state index is 11.1. The fourth-order valence-corrected chi connectivity index (χ4v) is 1.78. The van der Waals surface area contributed by atoms with Gasteiger partial charge in [0.15, 0.2) is 11.3 Å². The molecule has 0 atom stereocenters. The number of carboxylic acids is 1. The molecule has 0 bridgehead atoms. The van der Waals surface area contributed by atoms with Gasteiger partial charge in [-0.25, -0.2) is 14.8 Å². The highest BCUT2D eigenvalue weighted by molar-refractivity contribution is 5.92. The third-order valence-electron chi connectivity index (χ3n) is 2.48. The van der Waals surface area contributed by atoms with E-state index in [4.69, 9.17) is 5.11 Å². The van der Waals surface area contributed by atoms with Crippen LogP contribution in [0.2, 0.25) is 0 Å². The molecule has 0 saturated heterocycles. The van der Waals surface area contributed by atoms with Crippen LogP contribution in [-0.4, -0.2) is 25.4 Å². The molecule has 0 fully saturated rings. The largest absolute Gasteiger partial charge is 0.476 e. The van der Waals surface area contributed by atoms with Crippen molar-refractivity contribution in [2.75, 3.05) is 0 Å². The van der Waals surface area contributed by atoms with E-state index in [2.05, 4.69) is 23.8 Å². The second-order valence-corrected chi connectivity index (χ2v) is 4.60. The molecule has 5 nitrogen and oxygen atoms in total. The quantitative estimate of drug-likeness (QED) is 0.879. The van der Waals surface area contributed by atoms with Gasteiger partial charge < -0.3 is 5.11 Å². The van der Waals surface area contributed by atoms with Crippen LogP contribution in [0.25, 0.3) is 5.65 Å². The molecule has 0 amide bonds. The molecule has 17 heavy (non-hydrogen) atoms. The summed E-state index contributed by atoms with van der Waals surface area (Å²) in [6, 6.07) is 0. The average molecular weight is 233 g/mol. The van der Waals surface area contributed by atoms with Crippen LogP contribution < -0.4 is 0 Å². The first kappa shape index (κ1) is 11.6. The summed E-state index contributed by atoms with van der Waals surface area (Å²) >= 11 is 0. The highest BCUT2D eigenvalue weighted by Crippen LogP contribution is 2.15. The molecule has 0 aliphatic carbocycles. The third kappa shape index (κ3) is 2.13. The molecule has 2 rings (SSSR count). The van der Waals surface area contributed by atoms with Crippen molar-refractivity contribution in [2.24, 2.45) is 5.92 Å². The van der Waals surface area contributed by atoms with Gasteiger partial charge in [0.1, 0.15) is 5.82 Å². The lowest BCUT2D eigenvalue weighted by atomic mass is 10.1. The zero-order valence-corrected chi connectivity index (χ0v) is 10.1. The molecule has 90 valence electrons. The van der Waals surface area contributed by atoms with Crippen molar-refractivity contribution < 1.29 is 9.90 Å². The van der Waals surface area contributed by atoms with E-state index in [-0.39, 0.29) is 5.69 Å². The monoisotopic (exact) mass is 233 g/mol. The Morgan fingerprint density at radius 2 is 2.24 bits per heavy atom. The summed E-state index contributed by atoms with van der Waals surface area (Å²) in [7, 11) is 0. The van der Waals surface area contributed by atoms with Gasteiger partial charge in [-0.15, -0.1) is 0 Å². The normalized spacial score (nSPS) is 11.3. The Labute approximate surface area is 99.1 Å². The summed E-state index contributed by atoms with van der Waals surface area (Å²) < 4.78 is 1.78. The van der Waals surface area contributed by atoms with Crippen molar-refractivity contribution >= 4 is 11.6 Å². The van der Waals surface area contributed by atoms with Crippen LogP contribution in [0.5, 0.6) is 0 Å². The average Bonchev–Trinajstić information content (AvgIpc) is 2.56. The van der Waals surface area contributed by atoms with Crippen LogP contribution >= 0.6 is 0 Å². The van der Waals surface area contributed by atoms with Crippen molar-refractivity contribution in [3.8, 4) is 0 Å². The highest BCUT2D eigenvalue weighted by atomic mass is 16.4. The molecule has 0 saturated carbocycles. The predicted octanol–water partition coefficient (Wildman–Crippen LogP) is 1.93. The number of carbonyl (C=O) groups is 1. The van der Waals surface area contributed by atoms with Crippen molar-refractivity contribution in [3.05, 3.63) is 29.5 Å². The minimum atomic E-state index is -1.03. The molecule has 0 aliphatic rings. The molecular weight excluding hydrogens is 218 g/mol. The van der Waals surface area contributed by atoms with Gasteiger partial charge in [0.2, 0.25) is 0 Å². The zero-order chi connectivity index (χ0) is 12.6. The second-order valence-electron chi connectivity index (χ2n) is 4.60. The second kappa shape index (κ2) is 4.16. The van der Waals surface area contributed by atoms with Gasteiger partial charge >= 0.3 is 5.97 Å². The molecule has 0 spiro atoms. The van der Waals surface area contributed by atoms with Crippen LogP contribution in [0.15, 0.2) is 12.4 Å². The number of imidazole rings is 1. The Balaban J connectivity index is 2.66. The highest BCUT2D eigenvalue weighted by Gasteiger charge is 2.18. The molecule has 5 heteroatoms.